The van der Waals surface area contributed by atoms with E-state index in [9.17, 15) is 4.39 Å². The predicted octanol–water partition coefficient (Wildman–Crippen LogP) is 3.59. The summed E-state index contributed by atoms with van der Waals surface area (Å²) in [6.07, 6.45) is 4.35. The van der Waals surface area contributed by atoms with E-state index in [1.807, 2.05) is 6.92 Å². The van der Waals surface area contributed by atoms with Gasteiger partial charge in [-0.15, -0.1) is 11.3 Å². The van der Waals surface area contributed by atoms with Crippen molar-refractivity contribution in [2.24, 2.45) is 0 Å². The normalized spacial score (nSPS) is 10.3. The van der Waals surface area contributed by atoms with Crippen molar-refractivity contribution in [2.75, 3.05) is 0 Å². The number of hydrogen-bond acceptors (Lipinski definition) is 5. The Morgan fingerprint density at radius 1 is 1.33 bits per heavy atom. The molecule has 3 aromatic rings. The van der Waals surface area contributed by atoms with Crippen LogP contribution < -0.4 is 0 Å². The molecule has 6 heteroatoms. The van der Waals surface area contributed by atoms with Crippen LogP contribution in [0, 0.1) is 24.1 Å². The number of aryl methyl sites for hydroxylation is 1. The molecular formula is C15H9FN4S. The highest BCUT2D eigenvalue weighted by Crippen LogP contribution is 2.35. The quantitative estimate of drug-likeness (QED) is 0.725. The van der Waals surface area contributed by atoms with Crippen LogP contribution in [-0.2, 0) is 0 Å². The molecule has 0 saturated carbocycles. The summed E-state index contributed by atoms with van der Waals surface area (Å²) in [7, 11) is 0. The van der Waals surface area contributed by atoms with Gasteiger partial charge in [0, 0.05) is 18.0 Å². The maximum Gasteiger partial charge on any atom is 0.142 e. The van der Waals surface area contributed by atoms with Gasteiger partial charge in [-0.1, -0.05) is 0 Å². The summed E-state index contributed by atoms with van der Waals surface area (Å²) in [5, 5.41) is 9.82. The van der Waals surface area contributed by atoms with E-state index in [2.05, 4.69) is 21.0 Å². The minimum atomic E-state index is -0.405. The Balaban J connectivity index is 2.13. The minimum absolute atomic E-state index is 0.405. The largest absolute Gasteiger partial charge is 0.261 e. The molecule has 0 spiro atoms. The Morgan fingerprint density at radius 3 is 2.95 bits per heavy atom. The molecule has 0 bridgehead atoms. The van der Waals surface area contributed by atoms with Crippen LogP contribution in [0.15, 0.2) is 36.8 Å². The first-order valence-electron chi connectivity index (χ1n) is 6.13. The first kappa shape index (κ1) is 13.3. The van der Waals surface area contributed by atoms with Gasteiger partial charge in [0.1, 0.15) is 16.9 Å². The lowest BCUT2D eigenvalue weighted by Crippen LogP contribution is -1.87. The van der Waals surface area contributed by atoms with Crippen LogP contribution in [-0.4, -0.2) is 15.0 Å². The van der Waals surface area contributed by atoms with Gasteiger partial charge in [-0.05, 0) is 25.1 Å². The van der Waals surface area contributed by atoms with E-state index in [1.165, 1.54) is 17.4 Å². The first-order valence-corrected chi connectivity index (χ1v) is 6.94. The fourth-order valence-electron chi connectivity index (χ4n) is 1.94. The Morgan fingerprint density at radius 2 is 2.19 bits per heavy atom. The molecule has 0 aliphatic heterocycles. The second-order valence-electron chi connectivity index (χ2n) is 4.34. The van der Waals surface area contributed by atoms with Crippen LogP contribution in [0.2, 0.25) is 0 Å². The van der Waals surface area contributed by atoms with E-state index in [-0.39, 0.29) is 0 Å². The Bertz CT molecular complexity index is 851. The first-order chi connectivity index (χ1) is 10.2. The van der Waals surface area contributed by atoms with Crippen LogP contribution in [0.3, 0.4) is 0 Å². The van der Waals surface area contributed by atoms with E-state index in [1.54, 1.807) is 24.5 Å². The van der Waals surface area contributed by atoms with Crippen molar-refractivity contribution >= 4 is 11.3 Å². The lowest BCUT2D eigenvalue weighted by atomic mass is 10.1. The molecule has 0 aliphatic rings. The van der Waals surface area contributed by atoms with Gasteiger partial charge < -0.3 is 0 Å². The number of aromatic nitrogens is 3. The molecule has 3 aromatic heterocycles. The van der Waals surface area contributed by atoms with Crippen molar-refractivity contribution in [1.29, 1.82) is 5.26 Å². The van der Waals surface area contributed by atoms with Crippen molar-refractivity contribution in [3.05, 3.63) is 53.9 Å². The smallest absolute Gasteiger partial charge is 0.142 e. The third-order valence-electron chi connectivity index (χ3n) is 2.89. The monoisotopic (exact) mass is 296 g/mol. The van der Waals surface area contributed by atoms with Crippen molar-refractivity contribution in [1.82, 2.24) is 15.0 Å². The zero-order valence-corrected chi connectivity index (χ0v) is 11.9. The summed E-state index contributed by atoms with van der Waals surface area (Å²) in [6, 6.07) is 6.94. The van der Waals surface area contributed by atoms with E-state index in [0.717, 1.165) is 16.8 Å². The van der Waals surface area contributed by atoms with Crippen molar-refractivity contribution < 1.29 is 4.39 Å². The molecule has 0 saturated heterocycles. The second-order valence-corrected chi connectivity index (χ2v) is 5.34. The summed E-state index contributed by atoms with van der Waals surface area (Å²) >= 11 is 1.37. The van der Waals surface area contributed by atoms with Crippen LogP contribution >= 0.6 is 11.3 Å². The van der Waals surface area contributed by atoms with Gasteiger partial charge in [0.05, 0.1) is 28.0 Å². The molecule has 0 atom stereocenters. The number of hydrogen-bond donors (Lipinski definition) is 0. The Kier molecular flexibility index (Phi) is 3.42. The summed E-state index contributed by atoms with van der Waals surface area (Å²) < 4.78 is 13.3. The van der Waals surface area contributed by atoms with Gasteiger partial charge >= 0.3 is 0 Å². The third kappa shape index (κ3) is 2.51. The Labute approximate surface area is 124 Å². The third-order valence-corrected chi connectivity index (χ3v) is 4.10. The number of thiazole rings is 1. The van der Waals surface area contributed by atoms with Crippen LogP contribution in [0.1, 0.15) is 11.3 Å². The maximum atomic E-state index is 13.3. The van der Waals surface area contributed by atoms with Crippen molar-refractivity contribution in [2.45, 2.75) is 6.92 Å². The lowest BCUT2D eigenvalue weighted by Gasteiger charge is -1.99. The molecule has 0 N–H and O–H groups in total. The van der Waals surface area contributed by atoms with E-state index in [0.29, 0.717) is 21.8 Å². The highest BCUT2D eigenvalue weighted by molar-refractivity contribution is 7.18. The molecule has 0 unspecified atom stereocenters. The van der Waals surface area contributed by atoms with E-state index >= 15 is 0 Å². The second kappa shape index (κ2) is 5.38. The summed E-state index contributed by atoms with van der Waals surface area (Å²) in [5.41, 5.74) is 2.47. The SMILES string of the molecule is Cc1nc(-c2cncc(F)c2)sc1-c1ncccc1C#N. The zero-order chi connectivity index (χ0) is 14.8. The van der Waals surface area contributed by atoms with Crippen LogP contribution in [0.25, 0.3) is 21.1 Å². The van der Waals surface area contributed by atoms with Crippen LogP contribution in [0.5, 0.6) is 0 Å². The number of nitriles is 1. The summed E-state index contributed by atoms with van der Waals surface area (Å²) in [6.45, 7) is 1.85. The summed E-state index contributed by atoms with van der Waals surface area (Å²) in [4.78, 5) is 13.3. The number of nitrogens with zero attached hydrogens (tertiary/aromatic N) is 4. The molecule has 0 radical (unpaired) electrons. The molecule has 0 aromatic carbocycles. The molecule has 0 fully saturated rings. The fraction of sp³-hybridized carbons (Fsp3) is 0.0667. The molecule has 3 heterocycles. The standard InChI is InChI=1S/C15H9FN4S/c1-9-14(13-10(6-17)3-2-4-19-13)21-15(20-9)11-5-12(16)8-18-7-11/h2-5,7-8H,1H3. The highest BCUT2D eigenvalue weighted by Gasteiger charge is 2.15. The van der Waals surface area contributed by atoms with Crippen LogP contribution in [0.4, 0.5) is 4.39 Å². The molecule has 3 rings (SSSR count). The van der Waals surface area contributed by atoms with Gasteiger partial charge in [-0.25, -0.2) is 9.37 Å². The van der Waals surface area contributed by atoms with Gasteiger partial charge in [-0.3, -0.25) is 9.97 Å². The van der Waals surface area contributed by atoms with Gasteiger partial charge in [0.2, 0.25) is 0 Å². The lowest BCUT2D eigenvalue weighted by molar-refractivity contribution is 0.622. The summed E-state index contributed by atoms with van der Waals surface area (Å²) in [5.74, 6) is -0.405. The van der Waals surface area contributed by atoms with Crippen molar-refractivity contribution in [3.8, 4) is 27.2 Å². The molecule has 102 valence electrons. The molecule has 4 nitrogen and oxygen atoms in total. The zero-order valence-electron chi connectivity index (χ0n) is 11.0. The highest BCUT2D eigenvalue weighted by atomic mass is 32.1. The van der Waals surface area contributed by atoms with Gasteiger partial charge in [0.25, 0.3) is 0 Å². The van der Waals surface area contributed by atoms with Gasteiger partial charge in [-0.2, -0.15) is 5.26 Å². The van der Waals surface area contributed by atoms with Gasteiger partial charge in [0.15, 0.2) is 0 Å². The topological polar surface area (TPSA) is 62.5 Å². The molecular weight excluding hydrogens is 287 g/mol. The average molecular weight is 296 g/mol. The predicted molar refractivity (Wildman–Crippen MR) is 78.0 cm³/mol. The molecule has 0 amide bonds. The maximum absolute atomic E-state index is 13.3. The van der Waals surface area contributed by atoms with E-state index < -0.39 is 5.82 Å². The van der Waals surface area contributed by atoms with Crippen molar-refractivity contribution in [3.63, 3.8) is 0 Å². The number of rotatable bonds is 2. The fourth-order valence-corrected chi connectivity index (χ4v) is 3.00. The Hall–Kier alpha value is -2.65. The number of pyridine rings is 2. The minimum Gasteiger partial charge on any atom is -0.261 e. The van der Waals surface area contributed by atoms with E-state index in [4.69, 9.17) is 5.26 Å². The average Bonchev–Trinajstić information content (AvgIpc) is 2.89. The number of halogens is 1. The molecule has 21 heavy (non-hydrogen) atoms. The molecule has 0 aliphatic carbocycles.